The van der Waals surface area contributed by atoms with Crippen LogP contribution in [0, 0.1) is 11.3 Å². The lowest BCUT2D eigenvalue weighted by Crippen LogP contribution is -2.40. The quantitative estimate of drug-likeness (QED) is 0.775. The molecule has 1 fully saturated rings. The molecule has 1 aromatic carbocycles. The zero-order chi connectivity index (χ0) is 12.5. The van der Waals surface area contributed by atoms with Gasteiger partial charge < -0.3 is 4.90 Å². The Hall–Kier alpha value is -1.25. The Labute approximate surface area is 105 Å². The van der Waals surface area contributed by atoms with Crippen molar-refractivity contribution in [2.24, 2.45) is 0 Å². The number of hydrogen-bond donors (Lipinski definition) is 0. The van der Waals surface area contributed by atoms with Crippen LogP contribution >= 0.6 is 11.6 Å². The number of nitriles is 1. The van der Waals surface area contributed by atoms with E-state index in [2.05, 4.69) is 6.07 Å². The van der Waals surface area contributed by atoms with E-state index >= 15 is 0 Å². The average Bonchev–Trinajstić information content (AvgIpc) is 2.29. The van der Waals surface area contributed by atoms with Crippen molar-refractivity contribution in [1.82, 2.24) is 0 Å². The maximum absolute atomic E-state index is 11.3. The molecule has 0 aromatic heterocycles. The lowest BCUT2D eigenvalue weighted by atomic mass is 10.1. The number of nitrogens with zero attached hydrogens (tertiary/aromatic N) is 2. The molecule has 4 nitrogen and oxygen atoms in total. The van der Waals surface area contributed by atoms with Crippen LogP contribution in [0.2, 0.25) is 5.02 Å². The van der Waals surface area contributed by atoms with Crippen molar-refractivity contribution in [3.8, 4) is 6.07 Å². The standard InChI is InChI=1S/C11H11ClN2O2S/c12-10-2-1-3-11(9(10)8-13)14-4-6-17(15,16)7-5-14/h1-3H,4-7H2. The van der Waals surface area contributed by atoms with Crippen LogP contribution in [0.4, 0.5) is 5.69 Å². The third-order valence-electron chi connectivity index (χ3n) is 2.79. The molecule has 0 atom stereocenters. The van der Waals surface area contributed by atoms with Gasteiger partial charge in [0.2, 0.25) is 0 Å². The summed E-state index contributed by atoms with van der Waals surface area (Å²) in [5, 5.41) is 9.45. The molecule has 0 radical (unpaired) electrons. The molecular weight excluding hydrogens is 260 g/mol. The highest BCUT2D eigenvalue weighted by Crippen LogP contribution is 2.27. The van der Waals surface area contributed by atoms with Gasteiger partial charge in [-0.3, -0.25) is 0 Å². The van der Waals surface area contributed by atoms with E-state index in [1.54, 1.807) is 18.2 Å². The minimum Gasteiger partial charge on any atom is -0.368 e. The van der Waals surface area contributed by atoms with Crippen molar-refractivity contribution >= 4 is 27.1 Å². The van der Waals surface area contributed by atoms with Crippen LogP contribution in [0.1, 0.15) is 5.56 Å². The summed E-state index contributed by atoms with van der Waals surface area (Å²) in [6.45, 7) is 0.828. The van der Waals surface area contributed by atoms with Crippen LogP contribution in [0.25, 0.3) is 0 Å². The molecule has 1 aliphatic heterocycles. The van der Waals surface area contributed by atoms with Gasteiger partial charge in [-0.25, -0.2) is 8.42 Å². The molecule has 6 heteroatoms. The smallest absolute Gasteiger partial charge is 0.153 e. The van der Waals surface area contributed by atoms with E-state index in [1.807, 2.05) is 4.90 Å². The first kappa shape index (κ1) is 12.2. The van der Waals surface area contributed by atoms with Gasteiger partial charge in [-0.2, -0.15) is 5.26 Å². The largest absolute Gasteiger partial charge is 0.368 e. The second-order valence-corrected chi connectivity index (χ2v) is 6.60. The fourth-order valence-corrected chi connectivity index (χ4v) is 3.25. The number of halogens is 1. The van der Waals surface area contributed by atoms with Crippen LogP contribution < -0.4 is 4.90 Å². The highest BCUT2D eigenvalue weighted by molar-refractivity contribution is 7.91. The third kappa shape index (κ3) is 2.54. The van der Waals surface area contributed by atoms with Gasteiger partial charge in [-0.15, -0.1) is 0 Å². The zero-order valence-electron chi connectivity index (χ0n) is 9.06. The van der Waals surface area contributed by atoms with Crippen molar-refractivity contribution in [2.75, 3.05) is 29.5 Å². The number of benzene rings is 1. The molecule has 0 N–H and O–H groups in total. The molecule has 90 valence electrons. The molecule has 0 amide bonds. The monoisotopic (exact) mass is 270 g/mol. The lowest BCUT2D eigenvalue weighted by Gasteiger charge is -2.29. The van der Waals surface area contributed by atoms with E-state index in [-0.39, 0.29) is 11.5 Å². The highest BCUT2D eigenvalue weighted by Gasteiger charge is 2.23. The number of anilines is 1. The van der Waals surface area contributed by atoms with Crippen LogP contribution in [-0.4, -0.2) is 33.0 Å². The molecule has 0 unspecified atom stereocenters. The first-order valence-electron chi connectivity index (χ1n) is 5.17. The molecule has 0 saturated carbocycles. The van der Waals surface area contributed by atoms with E-state index in [1.165, 1.54) is 0 Å². The van der Waals surface area contributed by atoms with Crippen molar-refractivity contribution < 1.29 is 8.42 Å². The number of sulfone groups is 1. The first-order valence-corrected chi connectivity index (χ1v) is 7.37. The fraction of sp³-hybridized carbons (Fsp3) is 0.364. The topological polar surface area (TPSA) is 61.2 Å². The van der Waals surface area contributed by atoms with Gasteiger partial charge in [0, 0.05) is 13.1 Å². The molecule has 1 heterocycles. The summed E-state index contributed by atoms with van der Waals surface area (Å²) < 4.78 is 22.7. The van der Waals surface area contributed by atoms with E-state index < -0.39 is 9.84 Å². The maximum atomic E-state index is 11.3. The SMILES string of the molecule is N#Cc1c(Cl)cccc1N1CCS(=O)(=O)CC1. The Morgan fingerprint density at radius 1 is 1.29 bits per heavy atom. The van der Waals surface area contributed by atoms with Crippen molar-refractivity contribution in [1.29, 1.82) is 5.26 Å². The Kier molecular flexibility index (Phi) is 3.27. The summed E-state index contributed by atoms with van der Waals surface area (Å²) in [5.41, 5.74) is 1.13. The summed E-state index contributed by atoms with van der Waals surface area (Å²) in [6.07, 6.45) is 0. The maximum Gasteiger partial charge on any atom is 0.153 e. The van der Waals surface area contributed by atoms with Crippen LogP contribution in [0.3, 0.4) is 0 Å². The second-order valence-electron chi connectivity index (χ2n) is 3.88. The molecule has 17 heavy (non-hydrogen) atoms. The predicted octanol–water partition coefficient (Wildman–Crippen LogP) is 1.45. The summed E-state index contributed by atoms with van der Waals surface area (Å²) in [4.78, 5) is 1.89. The highest BCUT2D eigenvalue weighted by atomic mass is 35.5. The number of hydrogen-bond acceptors (Lipinski definition) is 4. The molecule has 1 aliphatic rings. The Morgan fingerprint density at radius 3 is 2.53 bits per heavy atom. The second kappa shape index (κ2) is 4.55. The summed E-state index contributed by atoms with van der Waals surface area (Å²) >= 11 is 5.94. The van der Waals surface area contributed by atoms with Gasteiger partial charge in [0.1, 0.15) is 6.07 Å². The molecule has 0 bridgehead atoms. The normalized spacial score (nSPS) is 18.7. The van der Waals surface area contributed by atoms with Gasteiger partial charge in [0.05, 0.1) is 27.8 Å². The van der Waals surface area contributed by atoms with Crippen molar-refractivity contribution in [2.45, 2.75) is 0 Å². The summed E-state index contributed by atoms with van der Waals surface area (Å²) in [7, 11) is -2.91. The van der Waals surface area contributed by atoms with Gasteiger partial charge in [-0.05, 0) is 12.1 Å². The van der Waals surface area contributed by atoms with E-state index in [9.17, 15) is 8.42 Å². The Morgan fingerprint density at radius 2 is 1.94 bits per heavy atom. The molecule has 0 spiro atoms. The summed E-state index contributed by atoms with van der Waals surface area (Å²) in [6, 6.07) is 7.28. The minimum absolute atomic E-state index is 0.129. The van der Waals surface area contributed by atoms with Gasteiger partial charge in [-0.1, -0.05) is 17.7 Å². The predicted molar refractivity (Wildman–Crippen MR) is 67.0 cm³/mol. The molecular formula is C11H11ClN2O2S. The Bertz CT molecular complexity index is 564. The van der Waals surface area contributed by atoms with Crippen molar-refractivity contribution in [3.05, 3.63) is 28.8 Å². The zero-order valence-corrected chi connectivity index (χ0v) is 10.6. The third-order valence-corrected chi connectivity index (χ3v) is 4.71. The number of rotatable bonds is 1. The van der Waals surface area contributed by atoms with Crippen LogP contribution in [-0.2, 0) is 9.84 Å². The van der Waals surface area contributed by atoms with Gasteiger partial charge in [0.15, 0.2) is 9.84 Å². The minimum atomic E-state index is -2.91. The van der Waals surface area contributed by atoms with E-state index in [0.29, 0.717) is 23.7 Å². The molecule has 1 aromatic rings. The van der Waals surface area contributed by atoms with Gasteiger partial charge >= 0.3 is 0 Å². The summed E-state index contributed by atoms with van der Waals surface area (Å²) in [5.74, 6) is 0.259. The van der Waals surface area contributed by atoms with E-state index in [0.717, 1.165) is 5.69 Å². The van der Waals surface area contributed by atoms with Gasteiger partial charge in [0.25, 0.3) is 0 Å². The molecule has 2 rings (SSSR count). The lowest BCUT2D eigenvalue weighted by molar-refractivity contribution is 0.587. The van der Waals surface area contributed by atoms with Crippen LogP contribution in [0.5, 0.6) is 0 Å². The molecule has 0 aliphatic carbocycles. The van der Waals surface area contributed by atoms with Crippen LogP contribution in [0.15, 0.2) is 18.2 Å². The average molecular weight is 271 g/mol. The Balaban J connectivity index is 2.31. The molecule has 1 saturated heterocycles. The van der Waals surface area contributed by atoms with E-state index in [4.69, 9.17) is 16.9 Å². The fourth-order valence-electron chi connectivity index (χ4n) is 1.84. The van der Waals surface area contributed by atoms with Crippen molar-refractivity contribution in [3.63, 3.8) is 0 Å². The first-order chi connectivity index (χ1) is 8.03.